The molecule has 2 N–H and O–H groups in total. The lowest BCUT2D eigenvalue weighted by Crippen LogP contribution is -2.47. The van der Waals surface area contributed by atoms with Crippen molar-refractivity contribution in [3.8, 4) is 0 Å². The smallest absolute Gasteiger partial charge is 0.328 e. The minimum absolute atomic E-state index is 0.278. The molecule has 1 aliphatic rings. The zero-order chi connectivity index (χ0) is 13.3. The van der Waals surface area contributed by atoms with Crippen LogP contribution < -0.4 is 5.32 Å². The van der Waals surface area contributed by atoms with Crippen LogP contribution in [0.2, 0.25) is 0 Å². The molecule has 0 radical (unpaired) electrons. The molecule has 0 aromatic heterocycles. The fourth-order valence-corrected chi connectivity index (χ4v) is 2.16. The first-order chi connectivity index (χ1) is 8.43. The highest BCUT2D eigenvalue weighted by molar-refractivity contribution is 9.10. The van der Waals surface area contributed by atoms with Crippen molar-refractivity contribution in [1.29, 1.82) is 0 Å². The number of hydrogen-bond acceptors (Lipinski definition) is 2. The van der Waals surface area contributed by atoms with E-state index in [-0.39, 0.29) is 4.47 Å². The number of halogens is 2. The van der Waals surface area contributed by atoms with Gasteiger partial charge in [-0.3, -0.25) is 5.32 Å². The summed E-state index contributed by atoms with van der Waals surface area (Å²) in [6.45, 7) is 2.29. The normalized spacial score (nSPS) is 18.4. The van der Waals surface area contributed by atoms with Crippen LogP contribution in [0.25, 0.3) is 0 Å². The Bertz CT molecular complexity index is 476. The van der Waals surface area contributed by atoms with E-state index in [4.69, 9.17) is 0 Å². The van der Waals surface area contributed by atoms with Crippen LogP contribution in [0.1, 0.15) is 25.3 Å². The topological polar surface area (TPSA) is 49.3 Å². The second-order valence-electron chi connectivity index (χ2n) is 4.88. The van der Waals surface area contributed by atoms with Crippen LogP contribution in [0.3, 0.4) is 0 Å². The minimum atomic E-state index is -1.18. The fraction of sp³-hybridized carbons (Fsp3) is 0.462. The van der Waals surface area contributed by atoms with Crippen LogP contribution in [0.5, 0.6) is 0 Å². The number of carbonyl (C=O) groups is 1. The van der Waals surface area contributed by atoms with E-state index < -0.39 is 17.3 Å². The first-order valence-corrected chi connectivity index (χ1v) is 6.67. The third-order valence-corrected chi connectivity index (χ3v) is 3.97. The number of aliphatic carboxylic acids is 1. The van der Waals surface area contributed by atoms with Gasteiger partial charge in [-0.05, 0) is 65.9 Å². The molecule has 0 aliphatic heterocycles. The van der Waals surface area contributed by atoms with Crippen LogP contribution in [-0.4, -0.2) is 17.6 Å². The summed E-state index contributed by atoms with van der Waals surface area (Å²) in [6.07, 6.45) is 2.30. The summed E-state index contributed by atoms with van der Waals surface area (Å²) < 4.78 is 13.5. The van der Waals surface area contributed by atoms with Crippen molar-refractivity contribution in [2.24, 2.45) is 5.92 Å². The van der Waals surface area contributed by atoms with Gasteiger partial charge in [0.15, 0.2) is 0 Å². The van der Waals surface area contributed by atoms with Gasteiger partial charge >= 0.3 is 5.97 Å². The van der Waals surface area contributed by atoms with Crippen molar-refractivity contribution in [2.45, 2.75) is 25.3 Å². The molecule has 5 heteroatoms. The van der Waals surface area contributed by atoms with Gasteiger partial charge in [-0.15, -0.1) is 0 Å². The van der Waals surface area contributed by atoms with E-state index in [1.165, 1.54) is 18.2 Å². The van der Waals surface area contributed by atoms with Crippen LogP contribution in [-0.2, 0) is 10.3 Å². The molecule has 0 bridgehead atoms. The predicted octanol–water partition coefficient (Wildman–Crippen LogP) is 2.89. The lowest BCUT2D eigenvalue weighted by Gasteiger charge is -2.27. The Morgan fingerprint density at radius 3 is 2.78 bits per heavy atom. The summed E-state index contributed by atoms with van der Waals surface area (Å²) in [6, 6.07) is 4.30. The molecular weight excluding hydrogens is 301 g/mol. The van der Waals surface area contributed by atoms with Gasteiger partial charge in [0.1, 0.15) is 11.4 Å². The summed E-state index contributed by atoms with van der Waals surface area (Å²) in [5.74, 6) is -0.775. The first kappa shape index (κ1) is 13.5. The number of nitrogens with one attached hydrogen (secondary N) is 1. The molecule has 1 aromatic carbocycles. The van der Waals surface area contributed by atoms with Gasteiger partial charge in [0.25, 0.3) is 0 Å². The van der Waals surface area contributed by atoms with Crippen LogP contribution in [0, 0.1) is 11.7 Å². The third-order valence-electron chi connectivity index (χ3n) is 3.37. The monoisotopic (exact) mass is 315 g/mol. The molecule has 18 heavy (non-hydrogen) atoms. The van der Waals surface area contributed by atoms with Gasteiger partial charge in [0.2, 0.25) is 0 Å². The van der Waals surface area contributed by atoms with Crippen molar-refractivity contribution in [2.75, 3.05) is 6.54 Å². The molecular formula is C13H15BrFNO2. The van der Waals surface area contributed by atoms with Crippen LogP contribution in [0.4, 0.5) is 4.39 Å². The van der Waals surface area contributed by atoms with Gasteiger partial charge in [-0.1, -0.05) is 6.07 Å². The molecule has 98 valence electrons. The second kappa shape index (κ2) is 4.97. The molecule has 1 fully saturated rings. The molecule has 2 rings (SSSR count). The zero-order valence-corrected chi connectivity index (χ0v) is 11.6. The molecule has 3 nitrogen and oxygen atoms in total. The molecule has 1 atom stereocenters. The highest BCUT2D eigenvalue weighted by Crippen LogP contribution is 2.31. The number of rotatable bonds is 5. The lowest BCUT2D eigenvalue weighted by molar-refractivity contribution is -0.144. The van der Waals surface area contributed by atoms with Crippen molar-refractivity contribution >= 4 is 21.9 Å². The molecule has 0 saturated heterocycles. The Morgan fingerprint density at radius 1 is 1.61 bits per heavy atom. The largest absolute Gasteiger partial charge is 0.480 e. The molecule has 1 saturated carbocycles. The van der Waals surface area contributed by atoms with Crippen molar-refractivity contribution in [3.05, 3.63) is 34.1 Å². The molecule has 0 heterocycles. The van der Waals surface area contributed by atoms with Crippen LogP contribution >= 0.6 is 15.9 Å². The average molecular weight is 316 g/mol. The Kier molecular flexibility index (Phi) is 3.73. The Labute approximate surface area is 114 Å². The molecule has 0 amide bonds. The summed E-state index contributed by atoms with van der Waals surface area (Å²) in [5.41, 5.74) is -0.636. The number of hydrogen-bond donors (Lipinski definition) is 2. The van der Waals surface area contributed by atoms with Gasteiger partial charge < -0.3 is 5.11 Å². The number of carboxylic acids is 1. The summed E-state index contributed by atoms with van der Waals surface area (Å²) in [7, 11) is 0. The van der Waals surface area contributed by atoms with E-state index in [1.54, 1.807) is 6.92 Å². The van der Waals surface area contributed by atoms with E-state index in [1.807, 2.05) is 0 Å². The SMILES string of the molecule is CC(NCC1CC1)(C(=O)O)c1ccc(F)c(Br)c1. The zero-order valence-electron chi connectivity index (χ0n) is 10.0. The highest BCUT2D eigenvalue weighted by atomic mass is 79.9. The minimum Gasteiger partial charge on any atom is -0.480 e. The summed E-state index contributed by atoms with van der Waals surface area (Å²) in [4.78, 5) is 11.5. The van der Waals surface area contributed by atoms with Crippen molar-refractivity contribution < 1.29 is 14.3 Å². The Balaban J connectivity index is 2.26. The van der Waals surface area contributed by atoms with E-state index in [9.17, 15) is 14.3 Å². The molecule has 1 aliphatic carbocycles. The fourth-order valence-electron chi connectivity index (χ4n) is 1.78. The molecule has 0 spiro atoms. The Hall–Kier alpha value is -0.940. The first-order valence-electron chi connectivity index (χ1n) is 5.87. The van der Waals surface area contributed by atoms with E-state index in [2.05, 4.69) is 21.2 Å². The second-order valence-corrected chi connectivity index (χ2v) is 5.74. The Morgan fingerprint density at radius 2 is 2.28 bits per heavy atom. The maximum absolute atomic E-state index is 13.2. The van der Waals surface area contributed by atoms with Crippen molar-refractivity contribution in [1.82, 2.24) is 5.32 Å². The van der Waals surface area contributed by atoms with Crippen molar-refractivity contribution in [3.63, 3.8) is 0 Å². The summed E-state index contributed by atoms with van der Waals surface area (Å²) in [5, 5.41) is 12.5. The van der Waals surface area contributed by atoms with Gasteiger partial charge in [-0.25, -0.2) is 9.18 Å². The predicted molar refractivity (Wildman–Crippen MR) is 69.8 cm³/mol. The van der Waals surface area contributed by atoms with E-state index >= 15 is 0 Å². The van der Waals surface area contributed by atoms with Crippen LogP contribution in [0.15, 0.2) is 22.7 Å². The van der Waals surface area contributed by atoms with Gasteiger partial charge in [0.05, 0.1) is 4.47 Å². The number of carboxylic acid groups (broad SMARTS) is 1. The maximum Gasteiger partial charge on any atom is 0.328 e. The highest BCUT2D eigenvalue weighted by Gasteiger charge is 2.37. The van der Waals surface area contributed by atoms with Gasteiger partial charge in [0, 0.05) is 0 Å². The summed E-state index contributed by atoms with van der Waals surface area (Å²) >= 11 is 3.08. The average Bonchev–Trinajstić information content (AvgIpc) is 3.13. The number of benzene rings is 1. The van der Waals surface area contributed by atoms with E-state index in [0.717, 1.165) is 12.8 Å². The van der Waals surface area contributed by atoms with E-state index in [0.29, 0.717) is 18.0 Å². The standard InChI is InChI=1S/C13H15BrFNO2/c1-13(12(17)18,16-7-8-2-3-8)9-4-5-11(15)10(14)6-9/h4-6,8,16H,2-3,7H2,1H3,(H,17,18). The lowest BCUT2D eigenvalue weighted by atomic mass is 9.92. The maximum atomic E-state index is 13.2. The quantitative estimate of drug-likeness (QED) is 0.878. The third kappa shape index (κ3) is 2.72. The van der Waals surface area contributed by atoms with Gasteiger partial charge in [-0.2, -0.15) is 0 Å². The molecule has 1 aromatic rings. The molecule has 1 unspecified atom stereocenters.